The van der Waals surface area contributed by atoms with Gasteiger partial charge in [-0.1, -0.05) is 53.7 Å². The molecule has 0 aliphatic heterocycles. The fraction of sp³-hybridized carbons (Fsp3) is 0.125. The second-order valence-corrected chi connectivity index (χ2v) is 4.20. The maximum absolute atomic E-state index is 8.53. The number of ether oxygens (including phenoxy) is 1. The van der Waals surface area contributed by atoms with Gasteiger partial charge in [-0.15, -0.1) is 0 Å². The Kier molecular flexibility index (Phi) is 4.81. The van der Waals surface area contributed by atoms with E-state index in [0.717, 1.165) is 23.3 Å². The number of hydrogen-bond donors (Lipinski definition) is 0. The second-order valence-electron chi connectivity index (χ2n) is 4.20. The lowest BCUT2D eigenvalue weighted by Gasteiger charge is -2.01. The number of nitrogens with zero attached hydrogens (tertiary/aromatic N) is 3. The Hall–Kier alpha value is -2.71. The summed E-state index contributed by atoms with van der Waals surface area (Å²) in [4.78, 5) is 2.84. The van der Waals surface area contributed by atoms with Crippen molar-refractivity contribution in [3.63, 3.8) is 0 Å². The Morgan fingerprint density at radius 1 is 1.15 bits per heavy atom. The molecule has 0 aromatic heterocycles. The third-order valence-corrected chi connectivity index (χ3v) is 2.91. The van der Waals surface area contributed by atoms with E-state index in [9.17, 15) is 0 Å². The van der Waals surface area contributed by atoms with Crippen molar-refractivity contribution in [1.82, 2.24) is 0 Å². The molecule has 4 heteroatoms. The third kappa shape index (κ3) is 3.64. The molecule has 0 radical (unpaired) electrons. The predicted octanol–water partition coefficient (Wildman–Crippen LogP) is 4.89. The minimum atomic E-state index is 0.675. The van der Waals surface area contributed by atoms with Gasteiger partial charge < -0.3 is 4.74 Å². The Balaban J connectivity index is 2.07. The maximum atomic E-state index is 8.53. The molecule has 0 spiro atoms. The zero-order valence-corrected chi connectivity index (χ0v) is 11.2. The largest absolute Gasteiger partial charge is 0.497 e. The summed E-state index contributed by atoms with van der Waals surface area (Å²) in [5, 5.41) is 3.69. The lowest BCUT2D eigenvalue weighted by Crippen LogP contribution is -1.83. The number of benzene rings is 2. The maximum Gasteiger partial charge on any atom is 0.118 e. The first-order valence-electron chi connectivity index (χ1n) is 6.27. The van der Waals surface area contributed by atoms with E-state index in [1.165, 1.54) is 0 Å². The highest BCUT2D eigenvalue weighted by Gasteiger charge is 1.97. The lowest BCUT2D eigenvalue weighted by atomic mass is 10.1. The van der Waals surface area contributed by atoms with E-state index in [1.807, 2.05) is 60.7 Å². The first kappa shape index (κ1) is 13.7. The summed E-state index contributed by atoms with van der Waals surface area (Å²) in [6.07, 6.45) is 4.81. The van der Waals surface area contributed by atoms with Crippen LogP contribution in [0.5, 0.6) is 5.75 Å². The highest BCUT2D eigenvalue weighted by molar-refractivity contribution is 5.53. The second kappa shape index (κ2) is 7.02. The molecule has 2 rings (SSSR count). The van der Waals surface area contributed by atoms with Gasteiger partial charge in [0.25, 0.3) is 0 Å². The molecule has 20 heavy (non-hydrogen) atoms. The quantitative estimate of drug-likeness (QED) is 0.431. The molecule has 0 saturated heterocycles. The molecule has 0 unspecified atom stereocenters. The molecule has 4 nitrogen and oxygen atoms in total. The predicted molar refractivity (Wildman–Crippen MR) is 81.0 cm³/mol. The van der Waals surface area contributed by atoms with Gasteiger partial charge >= 0.3 is 0 Å². The van der Waals surface area contributed by atoms with Crippen LogP contribution in [-0.4, -0.2) is 7.11 Å². The van der Waals surface area contributed by atoms with Gasteiger partial charge in [-0.3, -0.25) is 0 Å². The SMILES string of the molecule is COc1ccc(/C=C\Cc2ccccc2N=[N+]=[N-])cc1. The molecule has 0 fully saturated rings. The van der Waals surface area contributed by atoms with E-state index < -0.39 is 0 Å². The van der Waals surface area contributed by atoms with Crippen LogP contribution in [-0.2, 0) is 6.42 Å². The highest BCUT2D eigenvalue weighted by Crippen LogP contribution is 2.20. The van der Waals surface area contributed by atoms with Gasteiger partial charge in [-0.2, -0.15) is 0 Å². The van der Waals surface area contributed by atoms with Crippen LogP contribution >= 0.6 is 0 Å². The molecular weight excluding hydrogens is 250 g/mol. The standard InChI is InChI=1S/C16H15N3O/c1-20-15-11-9-13(10-12-15)5-4-7-14-6-2-3-8-16(14)18-19-17/h2-6,8-12H,7H2,1H3/b5-4-. The van der Waals surface area contributed by atoms with Gasteiger partial charge in [0.05, 0.1) is 7.11 Å². The average Bonchev–Trinajstić information content (AvgIpc) is 2.50. The number of rotatable bonds is 5. The van der Waals surface area contributed by atoms with Gasteiger partial charge in [0.2, 0.25) is 0 Å². The van der Waals surface area contributed by atoms with Gasteiger partial charge in [-0.25, -0.2) is 0 Å². The van der Waals surface area contributed by atoms with Crippen LogP contribution in [0.2, 0.25) is 0 Å². The summed E-state index contributed by atoms with van der Waals surface area (Å²) in [6, 6.07) is 15.4. The Bertz CT molecular complexity index is 641. The molecule has 0 atom stereocenters. The number of hydrogen-bond acceptors (Lipinski definition) is 2. The summed E-state index contributed by atoms with van der Waals surface area (Å²) in [7, 11) is 1.65. The Labute approximate surface area is 118 Å². The van der Waals surface area contributed by atoms with E-state index in [-0.39, 0.29) is 0 Å². The van der Waals surface area contributed by atoms with Crippen molar-refractivity contribution in [3.05, 3.63) is 76.2 Å². The molecule has 100 valence electrons. The highest BCUT2D eigenvalue weighted by atomic mass is 16.5. The topological polar surface area (TPSA) is 58.0 Å². The van der Waals surface area contributed by atoms with E-state index in [2.05, 4.69) is 10.0 Å². The summed E-state index contributed by atoms with van der Waals surface area (Å²) in [6.45, 7) is 0. The lowest BCUT2D eigenvalue weighted by molar-refractivity contribution is 0.415. The van der Waals surface area contributed by atoms with Crippen molar-refractivity contribution in [3.8, 4) is 5.75 Å². The van der Waals surface area contributed by atoms with Crippen LogP contribution in [0.3, 0.4) is 0 Å². The summed E-state index contributed by atoms with van der Waals surface area (Å²) >= 11 is 0. The zero-order valence-electron chi connectivity index (χ0n) is 11.2. The smallest absolute Gasteiger partial charge is 0.118 e. The molecule has 0 saturated carbocycles. The van der Waals surface area contributed by atoms with E-state index >= 15 is 0 Å². The molecule has 0 N–H and O–H groups in total. The monoisotopic (exact) mass is 265 g/mol. The van der Waals surface area contributed by atoms with Crippen LogP contribution in [0.25, 0.3) is 16.5 Å². The average molecular weight is 265 g/mol. The van der Waals surface area contributed by atoms with Crippen LogP contribution in [0.4, 0.5) is 5.69 Å². The van der Waals surface area contributed by atoms with Gasteiger partial charge in [0, 0.05) is 10.6 Å². The number of azide groups is 1. The van der Waals surface area contributed by atoms with Gasteiger partial charge in [-0.05, 0) is 35.2 Å². The van der Waals surface area contributed by atoms with E-state index in [1.54, 1.807) is 7.11 Å². The van der Waals surface area contributed by atoms with Crippen molar-refractivity contribution in [2.75, 3.05) is 7.11 Å². The van der Waals surface area contributed by atoms with Crippen molar-refractivity contribution in [2.24, 2.45) is 5.11 Å². The molecule has 0 heterocycles. The third-order valence-electron chi connectivity index (χ3n) is 2.91. The van der Waals surface area contributed by atoms with Gasteiger partial charge in [0.15, 0.2) is 0 Å². The molecule has 2 aromatic carbocycles. The first-order valence-corrected chi connectivity index (χ1v) is 6.27. The van der Waals surface area contributed by atoms with Crippen molar-refractivity contribution in [1.29, 1.82) is 0 Å². The molecular formula is C16H15N3O. The van der Waals surface area contributed by atoms with Crippen LogP contribution in [0.15, 0.2) is 59.7 Å². The van der Waals surface area contributed by atoms with Crippen LogP contribution in [0.1, 0.15) is 11.1 Å². The van der Waals surface area contributed by atoms with Crippen LogP contribution in [0, 0.1) is 0 Å². The fourth-order valence-corrected chi connectivity index (χ4v) is 1.87. The van der Waals surface area contributed by atoms with Crippen molar-refractivity contribution in [2.45, 2.75) is 6.42 Å². The van der Waals surface area contributed by atoms with Crippen molar-refractivity contribution < 1.29 is 4.74 Å². The molecule has 0 aliphatic rings. The summed E-state index contributed by atoms with van der Waals surface area (Å²) in [5.41, 5.74) is 11.3. The van der Waals surface area contributed by atoms with E-state index in [0.29, 0.717) is 5.69 Å². The normalized spacial score (nSPS) is 10.2. The first-order chi connectivity index (χ1) is 9.83. The zero-order chi connectivity index (χ0) is 14.2. The van der Waals surface area contributed by atoms with E-state index in [4.69, 9.17) is 10.3 Å². The molecule has 2 aromatic rings. The van der Waals surface area contributed by atoms with Crippen molar-refractivity contribution >= 4 is 11.8 Å². The number of methoxy groups -OCH3 is 1. The minimum Gasteiger partial charge on any atom is -0.497 e. The summed E-state index contributed by atoms with van der Waals surface area (Å²) < 4.78 is 5.12. The molecule has 0 aliphatic carbocycles. The molecule has 0 bridgehead atoms. The summed E-state index contributed by atoms with van der Waals surface area (Å²) in [5.74, 6) is 0.843. The molecule has 0 amide bonds. The van der Waals surface area contributed by atoms with Gasteiger partial charge in [0.1, 0.15) is 5.75 Å². The Morgan fingerprint density at radius 3 is 2.60 bits per heavy atom. The minimum absolute atomic E-state index is 0.675. The number of allylic oxidation sites excluding steroid dienone is 1. The fourth-order valence-electron chi connectivity index (χ4n) is 1.87. The Morgan fingerprint density at radius 2 is 1.90 bits per heavy atom. The van der Waals surface area contributed by atoms with Crippen LogP contribution < -0.4 is 4.74 Å².